The average Bonchev–Trinajstić information content (AvgIpc) is 3.21. The maximum atomic E-state index is 12.6. The molecule has 0 bridgehead atoms. The molecule has 3 rings (SSSR count). The van der Waals surface area contributed by atoms with Crippen LogP contribution in [0.15, 0.2) is 77.0 Å². The minimum absolute atomic E-state index is 0.0448. The summed E-state index contributed by atoms with van der Waals surface area (Å²) in [7, 11) is -2.26. The minimum atomic E-state index is -3.80. The fourth-order valence-corrected chi connectivity index (χ4v) is 4.06. The Morgan fingerprint density at radius 2 is 1.82 bits per heavy atom. The van der Waals surface area contributed by atoms with E-state index >= 15 is 0 Å². The number of ether oxygens (including phenoxy) is 1. The van der Waals surface area contributed by atoms with Crippen LogP contribution in [0.3, 0.4) is 0 Å². The van der Waals surface area contributed by atoms with Gasteiger partial charge in [-0.2, -0.15) is 0 Å². The summed E-state index contributed by atoms with van der Waals surface area (Å²) in [6.45, 7) is 0. The summed E-state index contributed by atoms with van der Waals surface area (Å²) >= 11 is 1.52. The number of amides is 1. The third-order valence-corrected chi connectivity index (χ3v) is 5.91. The largest absolute Gasteiger partial charge is 0.497 e. The van der Waals surface area contributed by atoms with E-state index in [1.54, 1.807) is 42.5 Å². The number of rotatable bonds is 7. The van der Waals surface area contributed by atoms with Crippen molar-refractivity contribution in [1.82, 2.24) is 0 Å². The molecule has 1 amide bonds. The molecule has 0 saturated carbocycles. The topological polar surface area (TPSA) is 84.5 Å². The molecule has 3 aromatic rings. The fourth-order valence-electron chi connectivity index (χ4n) is 2.34. The van der Waals surface area contributed by atoms with Crippen LogP contribution in [0.25, 0.3) is 6.08 Å². The first-order chi connectivity index (χ1) is 13.5. The van der Waals surface area contributed by atoms with Gasteiger partial charge in [-0.15, -0.1) is 11.3 Å². The van der Waals surface area contributed by atoms with Gasteiger partial charge in [0.25, 0.3) is 10.0 Å². The first-order valence-electron chi connectivity index (χ1n) is 8.26. The van der Waals surface area contributed by atoms with Gasteiger partial charge in [-0.25, -0.2) is 8.42 Å². The van der Waals surface area contributed by atoms with E-state index in [1.807, 2.05) is 17.5 Å². The Morgan fingerprint density at radius 3 is 2.50 bits per heavy atom. The van der Waals surface area contributed by atoms with Crippen LogP contribution >= 0.6 is 11.3 Å². The molecular weight excluding hydrogens is 396 g/mol. The molecule has 28 heavy (non-hydrogen) atoms. The van der Waals surface area contributed by atoms with Crippen molar-refractivity contribution in [3.63, 3.8) is 0 Å². The summed E-state index contributed by atoms with van der Waals surface area (Å²) in [6.07, 6.45) is 3.11. The number of carbonyl (C=O) groups is 1. The second-order valence-corrected chi connectivity index (χ2v) is 8.36. The summed E-state index contributed by atoms with van der Waals surface area (Å²) < 4.78 is 32.8. The van der Waals surface area contributed by atoms with E-state index in [1.165, 1.54) is 36.7 Å². The molecule has 0 radical (unpaired) electrons. The molecule has 0 spiro atoms. The van der Waals surface area contributed by atoms with Gasteiger partial charge < -0.3 is 10.1 Å². The molecule has 1 aromatic heterocycles. The number of methoxy groups -OCH3 is 1. The SMILES string of the molecule is COc1ccc(NS(=O)(=O)c2cccc(NC(=O)/C=C/c3cccs3)c2)cc1. The summed E-state index contributed by atoms with van der Waals surface area (Å²) in [5.41, 5.74) is 0.799. The van der Waals surface area contributed by atoms with E-state index in [-0.39, 0.29) is 10.8 Å². The van der Waals surface area contributed by atoms with Crippen LogP contribution in [0.4, 0.5) is 11.4 Å². The molecule has 2 aromatic carbocycles. The van der Waals surface area contributed by atoms with Crippen molar-refractivity contribution in [2.24, 2.45) is 0 Å². The third-order valence-electron chi connectivity index (χ3n) is 3.70. The number of sulfonamides is 1. The number of nitrogens with one attached hydrogen (secondary N) is 2. The second-order valence-electron chi connectivity index (χ2n) is 5.70. The maximum Gasteiger partial charge on any atom is 0.261 e. The Balaban J connectivity index is 1.71. The van der Waals surface area contributed by atoms with Crippen molar-refractivity contribution in [2.45, 2.75) is 4.90 Å². The predicted molar refractivity (Wildman–Crippen MR) is 112 cm³/mol. The Labute approximate surface area is 167 Å². The van der Waals surface area contributed by atoms with E-state index in [9.17, 15) is 13.2 Å². The van der Waals surface area contributed by atoms with Crippen LogP contribution < -0.4 is 14.8 Å². The number of thiophene rings is 1. The van der Waals surface area contributed by atoms with Crippen molar-refractivity contribution in [1.29, 1.82) is 0 Å². The van der Waals surface area contributed by atoms with Gasteiger partial charge >= 0.3 is 0 Å². The summed E-state index contributed by atoms with van der Waals surface area (Å²) in [6, 6.07) is 16.4. The van der Waals surface area contributed by atoms with E-state index in [4.69, 9.17) is 4.74 Å². The molecule has 1 heterocycles. The van der Waals surface area contributed by atoms with Crippen LogP contribution in [-0.4, -0.2) is 21.4 Å². The Bertz CT molecular complexity index is 1070. The number of hydrogen-bond donors (Lipinski definition) is 2. The molecule has 0 unspecified atom stereocenters. The Hall–Kier alpha value is -3.10. The van der Waals surface area contributed by atoms with E-state index in [2.05, 4.69) is 10.0 Å². The van der Waals surface area contributed by atoms with Gasteiger partial charge in [0.15, 0.2) is 0 Å². The highest BCUT2D eigenvalue weighted by Crippen LogP contribution is 2.21. The molecule has 6 nitrogen and oxygen atoms in total. The lowest BCUT2D eigenvalue weighted by Crippen LogP contribution is -2.14. The van der Waals surface area contributed by atoms with E-state index < -0.39 is 10.0 Å². The second kappa shape index (κ2) is 8.73. The van der Waals surface area contributed by atoms with Gasteiger partial charge in [-0.1, -0.05) is 12.1 Å². The molecule has 0 aliphatic carbocycles. The minimum Gasteiger partial charge on any atom is -0.497 e. The number of carbonyl (C=O) groups excluding carboxylic acids is 1. The highest BCUT2D eigenvalue weighted by atomic mass is 32.2. The zero-order valence-corrected chi connectivity index (χ0v) is 16.6. The van der Waals surface area contributed by atoms with Crippen LogP contribution in [0.1, 0.15) is 4.88 Å². The maximum absolute atomic E-state index is 12.6. The fraction of sp³-hybridized carbons (Fsp3) is 0.0500. The first kappa shape index (κ1) is 19.7. The van der Waals surface area contributed by atoms with Gasteiger partial charge in [0, 0.05) is 22.3 Å². The van der Waals surface area contributed by atoms with Crippen LogP contribution in [0.2, 0.25) is 0 Å². The average molecular weight is 415 g/mol. The summed E-state index contributed by atoms with van der Waals surface area (Å²) in [5.74, 6) is 0.286. The van der Waals surface area contributed by atoms with Gasteiger partial charge in [0.2, 0.25) is 5.91 Å². The van der Waals surface area contributed by atoms with Crippen molar-refractivity contribution >= 4 is 44.7 Å². The lowest BCUT2D eigenvalue weighted by molar-refractivity contribution is -0.111. The van der Waals surface area contributed by atoms with E-state index in [0.717, 1.165) is 4.88 Å². The summed E-state index contributed by atoms with van der Waals surface area (Å²) in [4.78, 5) is 13.0. The van der Waals surface area contributed by atoms with Crippen LogP contribution in [0.5, 0.6) is 5.75 Å². The normalized spacial score (nSPS) is 11.3. The van der Waals surface area contributed by atoms with Crippen LogP contribution in [0, 0.1) is 0 Å². The zero-order valence-electron chi connectivity index (χ0n) is 15.0. The number of anilines is 2. The van der Waals surface area contributed by atoms with Crippen molar-refractivity contribution in [3.8, 4) is 5.75 Å². The van der Waals surface area contributed by atoms with Gasteiger partial charge in [0.1, 0.15) is 5.75 Å². The number of benzene rings is 2. The Kier molecular flexibility index (Phi) is 6.13. The lowest BCUT2D eigenvalue weighted by atomic mass is 10.3. The quantitative estimate of drug-likeness (QED) is 0.567. The predicted octanol–water partition coefficient (Wildman–Crippen LogP) is 4.21. The molecule has 0 atom stereocenters. The van der Waals surface area contributed by atoms with Crippen molar-refractivity contribution < 1.29 is 17.9 Å². The highest BCUT2D eigenvalue weighted by Gasteiger charge is 2.15. The van der Waals surface area contributed by atoms with Crippen molar-refractivity contribution in [2.75, 3.05) is 17.1 Å². The monoisotopic (exact) mass is 414 g/mol. The van der Waals surface area contributed by atoms with Crippen LogP contribution in [-0.2, 0) is 14.8 Å². The smallest absolute Gasteiger partial charge is 0.261 e. The van der Waals surface area contributed by atoms with Gasteiger partial charge in [-0.05, 0) is 60.0 Å². The third kappa shape index (κ3) is 5.21. The Morgan fingerprint density at radius 1 is 1.04 bits per heavy atom. The standard InChI is InChI=1S/C20H18N2O4S2/c1-26-17-9-7-15(8-10-17)22-28(24,25)19-6-2-4-16(14-19)21-20(23)12-11-18-5-3-13-27-18/h2-14,22H,1H3,(H,21,23)/b12-11+. The molecule has 0 aliphatic heterocycles. The molecule has 8 heteroatoms. The molecule has 144 valence electrons. The van der Waals surface area contributed by atoms with Gasteiger partial charge in [0.05, 0.1) is 12.0 Å². The summed E-state index contributed by atoms with van der Waals surface area (Å²) in [5, 5.41) is 4.58. The lowest BCUT2D eigenvalue weighted by Gasteiger charge is -2.10. The molecule has 2 N–H and O–H groups in total. The van der Waals surface area contributed by atoms with E-state index in [0.29, 0.717) is 17.1 Å². The van der Waals surface area contributed by atoms with Crippen molar-refractivity contribution in [3.05, 3.63) is 77.0 Å². The molecule has 0 saturated heterocycles. The zero-order chi connectivity index (χ0) is 20.0. The van der Waals surface area contributed by atoms with Gasteiger partial charge in [-0.3, -0.25) is 9.52 Å². The molecular formula is C20H18N2O4S2. The molecule has 0 aliphatic rings. The number of hydrogen-bond acceptors (Lipinski definition) is 5. The first-order valence-corrected chi connectivity index (χ1v) is 10.6. The molecule has 0 fully saturated rings. The highest BCUT2D eigenvalue weighted by molar-refractivity contribution is 7.92.